The Balaban J connectivity index is 1.48. The molecular weight excluding hydrogens is 346 g/mol. The van der Waals surface area contributed by atoms with Crippen LogP contribution in [-0.4, -0.2) is 42.9 Å². The summed E-state index contributed by atoms with van der Waals surface area (Å²) in [5.74, 6) is 1.43. The quantitative estimate of drug-likeness (QED) is 0.545. The van der Waals surface area contributed by atoms with Crippen LogP contribution in [0.25, 0.3) is 0 Å². The van der Waals surface area contributed by atoms with E-state index in [0.717, 1.165) is 31.1 Å². The normalized spacial score (nSPS) is 32.1. The highest BCUT2D eigenvalue weighted by Crippen LogP contribution is 2.60. The van der Waals surface area contributed by atoms with Gasteiger partial charge >= 0.3 is 0 Å². The van der Waals surface area contributed by atoms with Crippen LogP contribution in [0.15, 0.2) is 21.8 Å². The maximum atomic E-state index is 10.8. The summed E-state index contributed by atoms with van der Waals surface area (Å²) < 4.78 is 6.09. The molecule has 0 radical (unpaired) electrons. The number of rotatable bonds is 5. The average molecular weight is 378 g/mol. The first-order valence-corrected chi connectivity index (χ1v) is 10.9. The summed E-state index contributed by atoms with van der Waals surface area (Å²) in [4.78, 5) is 4.74. The lowest BCUT2D eigenvalue weighted by Gasteiger charge is -2.57. The topological polar surface area (TPSA) is 65.9 Å². The van der Waals surface area contributed by atoms with Crippen molar-refractivity contribution in [3.8, 4) is 0 Å². The van der Waals surface area contributed by atoms with Crippen LogP contribution >= 0.6 is 11.3 Å². The summed E-state index contributed by atoms with van der Waals surface area (Å²) in [6, 6.07) is 2.42. The highest BCUT2D eigenvalue weighted by molar-refractivity contribution is 7.08. The predicted molar refractivity (Wildman–Crippen MR) is 106 cm³/mol. The molecule has 6 heteroatoms. The first-order chi connectivity index (χ1) is 12.6. The van der Waals surface area contributed by atoms with Gasteiger partial charge in [-0.1, -0.05) is 12.8 Å². The molecule has 2 aliphatic carbocycles. The van der Waals surface area contributed by atoms with Crippen molar-refractivity contribution < 1.29 is 9.84 Å². The third-order valence-electron chi connectivity index (χ3n) is 6.61. The van der Waals surface area contributed by atoms with Gasteiger partial charge in [-0.25, -0.2) is 4.99 Å². The second kappa shape index (κ2) is 7.13. The van der Waals surface area contributed by atoms with Crippen LogP contribution in [0.4, 0.5) is 0 Å². The molecule has 1 aromatic heterocycles. The van der Waals surface area contributed by atoms with Gasteiger partial charge in [0, 0.05) is 30.5 Å². The minimum Gasteiger partial charge on any atom is -0.383 e. The number of aliphatic hydroxyl groups is 1. The molecule has 1 aromatic rings. The number of hydrogen-bond acceptors (Lipinski definition) is 4. The zero-order valence-electron chi connectivity index (χ0n) is 15.8. The molecule has 4 unspecified atom stereocenters. The van der Waals surface area contributed by atoms with E-state index in [1.165, 1.54) is 25.7 Å². The number of nitrogens with one attached hydrogen (secondary N) is 2. The molecule has 4 rings (SSSR count). The summed E-state index contributed by atoms with van der Waals surface area (Å²) in [7, 11) is 0. The summed E-state index contributed by atoms with van der Waals surface area (Å²) >= 11 is 1.60. The van der Waals surface area contributed by atoms with Gasteiger partial charge in [-0.15, -0.1) is 0 Å². The van der Waals surface area contributed by atoms with Crippen molar-refractivity contribution in [2.24, 2.45) is 16.3 Å². The molecule has 1 saturated heterocycles. The van der Waals surface area contributed by atoms with Crippen LogP contribution in [0.3, 0.4) is 0 Å². The van der Waals surface area contributed by atoms with Gasteiger partial charge in [0.2, 0.25) is 0 Å². The second-order valence-corrected chi connectivity index (χ2v) is 9.07. The molecular formula is C20H31N3O2S. The molecule has 144 valence electrons. The minimum atomic E-state index is -0.938. The number of aliphatic imine (C=N–C) groups is 1. The fraction of sp³-hybridized carbons (Fsp3) is 0.750. The highest BCUT2D eigenvalue weighted by Gasteiger charge is 2.65. The second-order valence-electron chi connectivity index (χ2n) is 8.29. The Labute approximate surface area is 160 Å². The summed E-state index contributed by atoms with van der Waals surface area (Å²) in [6.07, 6.45) is 6.74. The van der Waals surface area contributed by atoms with E-state index in [9.17, 15) is 5.11 Å². The standard InChI is InChI=1S/C20H31N3O2S/c1-3-21-18(22-13-19(2,24)14-7-11-26-12-14)23-16-15-6-10-25-17(15)20(16)8-4-5-9-20/h7,11-12,15-17,24H,3-6,8-10,13H2,1-2H3,(H2,21,22,23). The molecule has 3 aliphatic rings. The van der Waals surface area contributed by atoms with Crippen LogP contribution in [0, 0.1) is 11.3 Å². The number of nitrogens with zero attached hydrogens (tertiary/aromatic N) is 1. The van der Waals surface area contributed by atoms with Crippen LogP contribution in [0.1, 0.15) is 51.5 Å². The number of ether oxygens (including phenoxy) is 1. The van der Waals surface area contributed by atoms with Crippen molar-refractivity contribution in [1.29, 1.82) is 0 Å². The molecule has 3 N–H and O–H groups in total. The molecule has 2 saturated carbocycles. The molecule has 1 spiro atoms. The van der Waals surface area contributed by atoms with E-state index in [1.807, 2.05) is 23.8 Å². The van der Waals surface area contributed by atoms with Gasteiger partial charge in [0.25, 0.3) is 0 Å². The molecule has 4 atom stereocenters. The third kappa shape index (κ3) is 3.06. The fourth-order valence-corrected chi connectivity index (χ4v) is 6.05. The van der Waals surface area contributed by atoms with Crippen molar-refractivity contribution >= 4 is 17.3 Å². The molecule has 3 fully saturated rings. The van der Waals surface area contributed by atoms with Crippen LogP contribution in [0.5, 0.6) is 0 Å². The van der Waals surface area contributed by atoms with Crippen molar-refractivity contribution in [2.45, 2.75) is 63.7 Å². The van der Waals surface area contributed by atoms with E-state index in [-0.39, 0.29) is 0 Å². The zero-order valence-corrected chi connectivity index (χ0v) is 16.6. The van der Waals surface area contributed by atoms with Crippen LogP contribution in [0.2, 0.25) is 0 Å². The lowest BCUT2D eigenvalue weighted by molar-refractivity contribution is -0.125. The SMILES string of the molecule is CCNC(=NCC(C)(O)c1ccsc1)NC1C2CCOC2C12CCCC2. The van der Waals surface area contributed by atoms with Gasteiger partial charge in [-0.3, -0.25) is 0 Å². The van der Waals surface area contributed by atoms with Crippen molar-refractivity contribution in [3.05, 3.63) is 22.4 Å². The van der Waals surface area contributed by atoms with Gasteiger partial charge < -0.3 is 20.5 Å². The lowest BCUT2D eigenvalue weighted by atomic mass is 9.54. The Morgan fingerprint density at radius 3 is 2.96 bits per heavy atom. The Hall–Kier alpha value is -1.11. The number of fused-ring (bicyclic) bond motifs is 2. The van der Waals surface area contributed by atoms with Crippen molar-refractivity contribution in [2.75, 3.05) is 19.7 Å². The van der Waals surface area contributed by atoms with Gasteiger partial charge in [-0.05, 0) is 55.5 Å². The zero-order chi connectivity index (χ0) is 18.2. The summed E-state index contributed by atoms with van der Waals surface area (Å²) in [6.45, 7) is 5.99. The van der Waals surface area contributed by atoms with E-state index in [0.29, 0.717) is 30.0 Å². The molecule has 0 aromatic carbocycles. The molecule has 1 aliphatic heterocycles. The predicted octanol–water partition coefficient (Wildman–Crippen LogP) is 2.86. The lowest BCUT2D eigenvalue weighted by Crippen LogP contribution is -2.69. The first kappa shape index (κ1) is 18.3. The Kier molecular flexibility index (Phi) is 5.01. The maximum Gasteiger partial charge on any atom is 0.191 e. The van der Waals surface area contributed by atoms with E-state index >= 15 is 0 Å². The first-order valence-electron chi connectivity index (χ1n) is 9.98. The van der Waals surface area contributed by atoms with E-state index in [4.69, 9.17) is 9.73 Å². The molecule has 0 bridgehead atoms. The Bertz CT molecular complexity index is 637. The molecule has 26 heavy (non-hydrogen) atoms. The molecule has 5 nitrogen and oxygen atoms in total. The van der Waals surface area contributed by atoms with E-state index in [1.54, 1.807) is 11.3 Å². The summed E-state index contributed by atoms with van der Waals surface area (Å²) in [5, 5.41) is 21.9. The van der Waals surface area contributed by atoms with E-state index < -0.39 is 5.60 Å². The van der Waals surface area contributed by atoms with Crippen molar-refractivity contribution in [1.82, 2.24) is 10.6 Å². The fourth-order valence-electron chi connectivity index (χ4n) is 5.27. The number of hydrogen-bond donors (Lipinski definition) is 3. The number of guanidine groups is 1. The smallest absolute Gasteiger partial charge is 0.191 e. The van der Waals surface area contributed by atoms with Gasteiger partial charge in [0.1, 0.15) is 5.60 Å². The highest BCUT2D eigenvalue weighted by atomic mass is 32.1. The maximum absolute atomic E-state index is 10.8. The Morgan fingerprint density at radius 2 is 2.27 bits per heavy atom. The Morgan fingerprint density at radius 1 is 1.46 bits per heavy atom. The van der Waals surface area contributed by atoms with Gasteiger partial charge in [-0.2, -0.15) is 11.3 Å². The largest absolute Gasteiger partial charge is 0.383 e. The molecule has 0 amide bonds. The minimum absolute atomic E-state index is 0.299. The number of thiophene rings is 1. The van der Waals surface area contributed by atoms with Crippen LogP contribution < -0.4 is 10.6 Å². The van der Waals surface area contributed by atoms with Crippen LogP contribution in [-0.2, 0) is 10.3 Å². The average Bonchev–Trinajstić information content (AvgIpc) is 3.37. The summed E-state index contributed by atoms with van der Waals surface area (Å²) in [5.41, 5.74) is 0.293. The van der Waals surface area contributed by atoms with Gasteiger partial charge in [0.15, 0.2) is 5.96 Å². The van der Waals surface area contributed by atoms with Gasteiger partial charge in [0.05, 0.1) is 12.6 Å². The molecule has 2 heterocycles. The monoisotopic (exact) mass is 377 g/mol. The third-order valence-corrected chi connectivity index (χ3v) is 7.29. The van der Waals surface area contributed by atoms with Crippen molar-refractivity contribution in [3.63, 3.8) is 0 Å². The van der Waals surface area contributed by atoms with E-state index in [2.05, 4.69) is 17.6 Å².